The van der Waals surface area contributed by atoms with Gasteiger partial charge in [-0.15, -0.1) is 0 Å². The van der Waals surface area contributed by atoms with Crippen LogP contribution in [0.2, 0.25) is 5.02 Å². The molecule has 0 unspecified atom stereocenters. The van der Waals surface area contributed by atoms with Crippen LogP contribution < -0.4 is 9.62 Å². The number of fused-ring (bicyclic) bond motifs is 1. The molecule has 0 bridgehead atoms. The molecule has 0 fully saturated rings. The van der Waals surface area contributed by atoms with Gasteiger partial charge in [-0.05, 0) is 61.2 Å². The first-order valence-corrected chi connectivity index (χ1v) is 10.9. The molecule has 1 amide bonds. The number of nitrogens with one attached hydrogen (secondary N) is 1. The van der Waals surface area contributed by atoms with Gasteiger partial charge in [0, 0.05) is 29.7 Å². The highest BCUT2D eigenvalue weighted by Crippen LogP contribution is 2.34. The zero-order chi connectivity index (χ0) is 19.6. The lowest BCUT2D eigenvalue weighted by Gasteiger charge is -2.22. The van der Waals surface area contributed by atoms with Crippen LogP contribution in [0.1, 0.15) is 31.4 Å². The van der Waals surface area contributed by atoms with E-state index in [1.807, 2.05) is 26.0 Å². The van der Waals surface area contributed by atoms with E-state index in [-0.39, 0.29) is 16.8 Å². The molecule has 5 nitrogen and oxygen atoms in total. The van der Waals surface area contributed by atoms with Gasteiger partial charge in [-0.2, -0.15) is 0 Å². The summed E-state index contributed by atoms with van der Waals surface area (Å²) in [5, 5.41) is 0.655. The van der Waals surface area contributed by atoms with Gasteiger partial charge in [0.15, 0.2) is 0 Å². The van der Waals surface area contributed by atoms with E-state index in [4.69, 9.17) is 11.6 Å². The molecule has 0 saturated carbocycles. The minimum atomic E-state index is -3.60. The number of anilines is 1. The van der Waals surface area contributed by atoms with Gasteiger partial charge in [0.25, 0.3) is 0 Å². The Labute approximate surface area is 165 Å². The Bertz CT molecular complexity index is 942. The number of rotatable bonds is 6. The van der Waals surface area contributed by atoms with E-state index in [9.17, 15) is 13.2 Å². The van der Waals surface area contributed by atoms with E-state index in [0.717, 1.165) is 16.8 Å². The van der Waals surface area contributed by atoms with Crippen LogP contribution >= 0.6 is 11.6 Å². The maximum absolute atomic E-state index is 12.6. The molecule has 0 spiro atoms. The van der Waals surface area contributed by atoms with Crippen LogP contribution in [-0.2, 0) is 27.7 Å². The molecular formula is C20H23ClN2O3S. The van der Waals surface area contributed by atoms with E-state index in [1.54, 1.807) is 35.2 Å². The monoisotopic (exact) mass is 406 g/mol. The minimum Gasteiger partial charge on any atom is -0.309 e. The van der Waals surface area contributed by atoms with Crippen molar-refractivity contribution in [2.24, 2.45) is 0 Å². The van der Waals surface area contributed by atoms with E-state index in [1.165, 1.54) is 0 Å². The number of nitrogens with zero attached hydrogens (tertiary/aromatic N) is 1. The predicted octanol–water partition coefficient (Wildman–Crippen LogP) is 3.55. The highest BCUT2D eigenvalue weighted by atomic mass is 35.5. The van der Waals surface area contributed by atoms with Crippen molar-refractivity contribution in [2.45, 2.75) is 44.0 Å². The summed E-state index contributed by atoms with van der Waals surface area (Å²) in [6.07, 6.45) is 1.67. The lowest BCUT2D eigenvalue weighted by atomic mass is 10.1. The zero-order valence-corrected chi connectivity index (χ0v) is 17.0. The number of hydrogen-bond acceptors (Lipinski definition) is 3. The van der Waals surface area contributed by atoms with Gasteiger partial charge in [0.1, 0.15) is 0 Å². The lowest BCUT2D eigenvalue weighted by Crippen LogP contribution is -2.35. The molecule has 3 rings (SSSR count). The standard InChI is InChI=1S/C20H23ClN2O3S/c1-3-20(24)23-14(2)12-16-13-18(8-9-19(16)23)27(25,26)22-11-10-15-4-6-17(21)7-5-15/h4-9,13-14,22H,3,10-12H2,1-2H3/t14-/m0/s1. The van der Waals surface area contributed by atoms with Gasteiger partial charge in [0.2, 0.25) is 15.9 Å². The Morgan fingerprint density at radius 1 is 1.22 bits per heavy atom. The topological polar surface area (TPSA) is 66.5 Å². The summed E-state index contributed by atoms with van der Waals surface area (Å²) in [7, 11) is -3.60. The molecular weight excluding hydrogens is 384 g/mol. The van der Waals surface area contributed by atoms with Crippen molar-refractivity contribution in [1.82, 2.24) is 4.72 Å². The second-order valence-corrected chi connectivity index (χ2v) is 8.94. The molecule has 144 valence electrons. The van der Waals surface area contributed by atoms with E-state index >= 15 is 0 Å². The van der Waals surface area contributed by atoms with Crippen molar-refractivity contribution in [3.8, 4) is 0 Å². The number of carbonyl (C=O) groups excluding carboxylic acids is 1. The van der Waals surface area contributed by atoms with Crippen molar-refractivity contribution in [3.05, 3.63) is 58.6 Å². The molecule has 1 aliphatic heterocycles. The summed E-state index contributed by atoms with van der Waals surface area (Å²) in [5.41, 5.74) is 2.72. The highest BCUT2D eigenvalue weighted by molar-refractivity contribution is 7.89. The van der Waals surface area contributed by atoms with Crippen molar-refractivity contribution in [3.63, 3.8) is 0 Å². The number of sulfonamides is 1. The van der Waals surface area contributed by atoms with Crippen LogP contribution in [0.3, 0.4) is 0 Å². The predicted molar refractivity (Wildman–Crippen MR) is 108 cm³/mol. The van der Waals surface area contributed by atoms with E-state index in [0.29, 0.717) is 30.8 Å². The van der Waals surface area contributed by atoms with Crippen LogP contribution in [0, 0.1) is 0 Å². The van der Waals surface area contributed by atoms with Gasteiger partial charge in [-0.3, -0.25) is 4.79 Å². The maximum Gasteiger partial charge on any atom is 0.240 e. The molecule has 7 heteroatoms. The first-order chi connectivity index (χ1) is 12.8. The van der Waals surface area contributed by atoms with E-state index < -0.39 is 10.0 Å². The fourth-order valence-electron chi connectivity index (χ4n) is 3.39. The normalized spacial score (nSPS) is 16.4. The van der Waals surface area contributed by atoms with E-state index in [2.05, 4.69) is 4.72 Å². The zero-order valence-electron chi connectivity index (χ0n) is 15.4. The Morgan fingerprint density at radius 3 is 2.59 bits per heavy atom. The van der Waals surface area contributed by atoms with Gasteiger partial charge in [-0.1, -0.05) is 30.7 Å². The van der Waals surface area contributed by atoms with Crippen LogP contribution in [0.25, 0.3) is 0 Å². The third-order valence-corrected chi connectivity index (χ3v) is 6.48. The fraction of sp³-hybridized carbons (Fsp3) is 0.350. The summed E-state index contributed by atoms with van der Waals surface area (Å²) in [6, 6.07) is 12.4. The van der Waals surface area contributed by atoms with Crippen molar-refractivity contribution >= 4 is 33.2 Å². The average molecular weight is 407 g/mol. The molecule has 1 heterocycles. The van der Waals surface area contributed by atoms with Crippen LogP contribution in [0.15, 0.2) is 47.4 Å². The summed E-state index contributed by atoms with van der Waals surface area (Å²) < 4.78 is 27.9. The summed E-state index contributed by atoms with van der Waals surface area (Å²) in [4.78, 5) is 14.1. The molecule has 0 radical (unpaired) electrons. The third-order valence-electron chi connectivity index (χ3n) is 4.77. The van der Waals surface area contributed by atoms with Crippen molar-refractivity contribution in [2.75, 3.05) is 11.4 Å². The summed E-state index contributed by atoms with van der Waals surface area (Å²) >= 11 is 5.86. The molecule has 1 aliphatic rings. The first-order valence-electron chi connectivity index (χ1n) is 9.01. The number of hydrogen-bond donors (Lipinski definition) is 1. The number of carbonyl (C=O) groups is 1. The molecule has 1 atom stereocenters. The Hall–Kier alpha value is -1.89. The van der Waals surface area contributed by atoms with Crippen LogP contribution in [0.4, 0.5) is 5.69 Å². The molecule has 27 heavy (non-hydrogen) atoms. The number of benzene rings is 2. The lowest BCUT2D eigenvalue weighted by molar-refractivity contribution is -0.118. The highest BCUT2D eigenvalue weighted by Gasteiger charge is 2.31. The number of halogens is 1. The Balaban J connectivity index is 1.71. The molecule has 0 aliphatic carbocycles. The molecule has 1 N–H and O–H groups in total. The summed E-state index contributed by atoms with van der Waals surface area (Å²) in [6.45, 7) is 4.11. The first kappa shape index (κ1) is 19.9. The quantitative estimate of drug-likeness (QED) is 0.797. The minimum absolute atomic E-state index is 0.0447. The smallest absolute Gasteiger partial charge is 0.240 e. The molecule has 2 aromatic rings. The van der Waals surface area contributed by atoms with Crippen molar-refractivity contribution < 1.29 is 13.2 Å². The molecule has 2 aromatic carbocycles. The van der Waals surface area contributed by atoms with Crippen LogP contribution in [-0.4, -0.2) is 26.9 Å². The Kier molecular flexibility index (Phi) is 5.89. The van der Waals surface area contributed by atoms with Gasteiger partial charge in [-0.25, -0.2) is 13.1 Å². The average Bonchev–Trinajstić information content (AvgIpc) is 2.97. The maximum atomic E-state index is 12.6. The largest absolute Gasteiger partial charge is 0.309 e. The summed E-state index contributed by atoms with van der Waals surface area (Å²) in [5.74, 6) is 0.0537. The Morgan fingerprint density at radius 2 is 1.93 bits per heavy atom. The van der Waals surface area contributed by atoms with Crippen LogP contribution in [0.5, 0.6) is 0 Å². The second kappa shape index (κ2) is 8.00. The second-order valence-electron chi connectivity index (χ2n) is 6.74. The molecule has 0 aromatic heterocycles. The van der Waals surface area contributed by atoms with Crippen molar-refractivity contribution in [1.29, 1.82) is 0 Å². The van der Waals surface area contributed by atoms with Gasteiger partial charge in [0.05, 0.1) is 4.90 Å². The van der Waals surface area contributed by atoms with Gasteiger partial charge < -0.3 is 4.90 Å². The SMILES string of the molecule is CCC(=O)N1c2ccc(S(=O)(=O)NCCc3ccc(Cl)cc3)cc2C[C@@H]1C. The molecule has 0 saturated heterocycles. The third kappa shape index (κ3) is 4.34. The fourth-order valence-corrected chi connectivity index (χ4v) is 4.60. The van der Waals surface area contributed by atoms with Gasteiger partial charge >= 0.3 is 0 Å². The number of amides is 1.